The molecule has 2 rings (SSSR count). The van der Waals surface area contributed by atoms with E-state index in [4.69, 9.17) is 9.47 Å². The van der Waals surface area contributed by atoms with Crippen molar-refractivity contribution in [3.63, 3.8) is 0 Å². The first-order valence-corrected chi connectivity index (χ1v) is 6.85. The molecule has 1 aromatic carbocycles. The summed E-state index contributed by atoms with van der Waals surface area (Å²) in [6.45, 7) is 7.71. The second-order valence-corrected chi connectivity index (χ2v) is 5.66. The van der Waals surface area contributed by atoms with Gasteiger partial charge in [-0.25, -0.2) is 0 Å². The average Bonchev–Trinajstić information content (AvgIpc) is 2.93. The molecule has 19 heavy (non-hydrogen) atoms. The lowest BCUT2D eigenvalue weighted by molar-refractivity contribution is -0.145. The number of hydrogen-bond acceptors (Lipinski definition) is 3. The summed E-state index contributed by atoms with van der Waals surface area (Å²) in [5.41, 5.74) is 1.16. The van der Waals surface area contributed by atoms with E-state index in [1.54, 1.807) is 0 Å². The fourth-order valence-corrected chi connectivity index (χ4v) is 2.63. The number of ether oxygens (including phenoxy) is 2. The minimum absolute atomic E-state index is 0.00292. The van der Waals surface area contributed by atoms with Gasteiger partial charge in [0, 0.05) is 5.92 Å². The Hall–Kier alpha value is -1.35. The highest BCUT2D eigenvalue weighted by Gasteiger charge is 2.62. The molecule has 3 nitrogen and oxygen atoms in total. The number of carbonyl (C=O) groups is 1. The first kappa shape index (κ1) is 14.1. The summed E-state index contributed by atoms with van der Waals surface area (Å²) < 4.78 is 10.8. The van der Waals surface area contributed by atoms with Gasteiger partial charge in [-0.15, -0.1) is 0 Å². The smallest absolute Gasteiger partial charge is 0.309 e. The fourth-order valence-electron chi connectivity index (χ4n) is 2.63. The van der Waals surface area contributed by atoms with Crippen molar-refractivity contribution in [2.24, 2.45) is 17.3 Å². The fraction of sp³-hybridized carbons (Fsp3) is 0.562. The van der Waals surface area contributed by atoms with Crippen LogP contribution in [0.15, 0.2) is 30.3 Å². The van der Waals surface area contributed by atoms with Gasteiger partial charge >= 0.3 is 5.97 Å². The van der Waals surface area contributed by atoms with E-state index in [9.17, 15) is 4.79 Å². The highest BCUT2D eigenvalue weighted by atomic mass is 16.5. The van der Waals surface area contributed by atoms with Crippen LogP contribution < -0.4 is 0 Å². The van der Waals surface area contributed by atoms with Crippen molar-refractivity contribution >= 4 is 5.97 Å². The third-order valence-electron chi connectivity index (χ3n) is 4.00. The molecule has 0 bridgehead atoms. The maximum atomic E-state index is 11.8. The maximum Gasteiger partial charge on any atom is 0.309 e. The molecule has 0 radical (unpaired) electrons. The molecule has 104 valence electrons. The van der Waals surface area contributed by atoms with Crippen LogP contribution in [0.1, 0.15) is 26.3 Å². The normalized spacial score (nSPS) is 23.9. The van der Waals surface area contributed by atoms with Crippen molar-refractivity contribution in [3.05, 3.63) is 35.9 Å². The molecule has 2 atom stereocenters. The molecule has 0 saturated heterocycles. The number of carbonyl (C=O) groups excluding carboxylic acids is 1. The predicted octanol–water partition coefficient (Wildman–Crippen LogP) is 3.04. The van der Waals surface area contributed by atoms with Gasteiger partial charge in [-0.1, -0.05) is 44.2 Å². The molecule has 1 saturated carbocycles. The van der Waals surface area contributed by atoms with Crippen LogP contribution in [-0.4, -0.2) is 19.2 Å². The maximum absolute atomic E-state index is 11.8. The van der Waals surface area contributed by atoms with E-state index in [0.29, 0.717) is 19.8 Å². The number of rotatable bonds is 6. The quantitative estimate of drug-likeness (QED) is 0.739. The Balaban J connectivity index is 1.79. The molecule has 0 aliphatic heterocycles. The van der Waals surface area contributed by atoms with Gasteiger partial charge in [0.25, 0.3) is 0 Å². The lowest BCUT2D eigenvalue weighted by atomic mass is 10.1. The Morgan fingerprint density at radius 2 is 1.95 bits per heavy atom. The van der Waals surface area contributed by atoms with Crippen LogP contribution in [0, 0.1) is 17.3 Å². The Morgan fingerprint density at radius 3 is 2.58 bits per heavy atom. The average molecular weight is 262 g/mol. The molecule has 2 unspecified atom stereocenters. The zero-order valence-electron chi connectivity index (χ0n) is 11.9. The Kier molecular flexibility index (Phi) is 4.25. The van der Waals surface area contributed by atoms with Crippen LogP contribution in [0.3, 0.4) is 0 Å². The monoisotopic (exact) mass is 262 g/mol. The summed E-state index contributed by atoms with van der Waals surface area (Å²) in [5.74, 6) is 0.180. The standard InChI is InChI=1S/C16H22O3/c1-4-19-15(17)14-13(16(14,2)3)11-18-10-12-8-6-5-7-9-12/h5-9,13-14H,4,10-11H2,1-3H3. The van der Waals surface area contributed by atoms with Crippen LogP contribution in [-0.2, 0) is 20.9 Å². The van der Waals surface area contributed by atoms with E-state index < -0.39 is 0 Å². The van der Waals surface area contributed by atoms with Crippen molar-refractivity contribution in [1.29, 1.82) is 0 Å². The third-order valence-corrected chi connectivity index (χ3v) is 4.00. The second-order valence-electron chi connectivity index (χ2n) is 5.66. The first-order valence-electron chi connectivity index (χ1n) is 6.85. The molecular weight excluding hydrogens is 240 g/mol. The minimum atomic E-state index is -0.0826. The van der Waals surface area contributed by atoms with Gasteiger partial charge in [-0.3, -0.25) is 4.79 Å². The van der Waals surface area contributed by atoms with Gasteiger partial charge in [-0.2, -0.15) is 0 Å². The molecule has 1 aromatic rings. The second kappa shape index (κ2) is 5.74. The summed E-state index contributed by atoms with van der Waals surface area (Å²) in [6, 6.07) is 10.1. The predicted molar refractivity (Wildman–Crippen MR) is 73.5 cm³/mol. The largest absolute Gasteiger partial charge is 0.466 e. The molecule has 1 aliphatic rings. The van der Waals surface area contributed by atoms with Crippen LogP contribution in [0.25, 0.3) is 0 Å². The molecule has 3 heteroatoms. The number of hydrogen-bond donors (Lipinski definition) is 0. The lowest BCUT2D eigenvalue weighted by Gasteiger charge is -2.05. The summed E-state index contributed by atoms with van der Waals surface area (Å²) in [7, 11) is 0. The van der Waals surface area contributed by atoms with Gasteiger partial charge in [-0.05, 0) is 17.9 Å². The van der Waals surface area contributed by atoms with E-state index in [1.165, 1.54) is 0 Å². The minimum Gasteiger partial charge on any atom is -0.466 e. The van der Waals surface area contributed by atoms with Gasteiger partial charge < -0.3 is 9.47 Å². The summed E-state index contributed by atoms with van der Waals surface area (Å²) >= 11 is 0. The van der Waals surface area contributed by atoms with E-state index in [-0.39, 0.29) is 23.2 Å². The van der Waals surface area contributed by atoms with E-state index >= 15 is 0 Å². The van der Waals surface area contributed by atoms with Crippen molar-refractivity contribution in [2.45, 2.75) is 27.4 Å². The van der Waals surface area contributed by atoms with E-state index in [2.05, 4.69) is 13.8 Å². The van der Waals surface area contributed by atoms with Crippen molar-refractivity contribution < 1.29 is 14.3 Å². The molecule has 0 heterocycles. The zero-order chi connectivity index (χ0) is 13.9. The van der Waals surface area contributed by atoms with Crippen molar-refractivity contribution in [2.75, 3.05) is 13.2 Å². The molecule has 0 amide bonds. The van der Waals surface area contributed by atoms with Gasteiger partial charge in [0.15, 0.2) is 0 Å². The topological polar surface area (TPSA) is 35.5 Å². The van der Waals surface area contributed by atoms with Crippen molar-refractivity contribution in [3.8, 4) is 0 Å². The molecule has 1 aliphatic carbocycles. The highest BCUT2D eigenvalue weighted by molar-refractivity contribution is 5.77. The van der Waals surface area contributed by atoms with E-state index in [1.807, 2.05) is 37.3 Å². The van der Waals surface area contributed by atoms with Gasteiger partial charge in [0.2, 0.25) is 0 Å². The zero-order valence-corrected chi connectivity index (χ0v) is 11.9. The SMILES string of the molecule is CCOC(=O)C1C(COCc2ccccc2)C1(C)C. The summed E-state index contributed by atoms with van der Waals surface area (Å²) in [6.07, 6.45) is 0. The first-order chi connectivity index (χ1) is 9.07. The van der Waals surface area contributed by atoms with Crippen LogP contribution in [0.5, 0.6) is 0 Å². The van der Waals surface area contributed by atoms with Crippen LogP contribution >= 0.6 is 0 Å². The Bertz CT molecular complexity index is 425. The van der Waals surface area contributed by atoms with Crippen molar-refractivity contribution in [1.82, 2.24) is 0 Å². The van der Waals surface area contributed by atoms with E-state index in [0.717, 1.165) is 5.56 Å². The molecule has 1 fully saturated rings. The number of benzene rings is 1. The molecule has 0 N–H and O–H groups in total. The molecule has 0 aromatic heterocycles. The van der Waals surface area contributed by atoms with Gasteiger partial charge in [0.05, 0.1) is 25.7 Å². The summed E-state index contributed by atoms with van der Waals surface area (Å²) in [4.78, 5) is 11.8. The Morgan fingerprint density at radius 1 is 1.26 bits per heavy atom. The van der Waals surface area contributed by atoms with Crippen LogP contribution in [0.4, 0.5) is 0 Å². The Labute approximate surface area is 114 Å². The number of esters is 1. The van der Waals surface area contributed by atoms with Crippen LogP contribution in [0.2, 0.25) is 0 Å². The summed E-state index contributed by atoms with van der Waals surface area (Å²) in [5, 5.41) is 0. The molecular formula is C16H22O3. The highest BCUT2D eigenvalue weighted by Crippen LogP contribution is 2.58. The third kappa shape index (κ3) is 3.16. The lowest BCUT2D eigenvalue weighted by Crippen LogP contribution is -2.10. The van der Waals surface area contributed by atoms with Gasteiger partial charge in [0.1, 0.15) is 0 Å². The molecule has 0 spiro atoms.